The summed E-state index contributed by atoms with van der Waals surface area (Å²) >= 11 is 0. The molecule has 0 saturated carbocycles. The number of nitrogens with one attached hydrogen (secondary N) is 1. The molecule has 0 spiro atoms. The molecule has 1 heterocycles. The summed E-state index contributed by atoms with van der Waals surface area (Å²) in [6.45, 7) is 1.24. The van der Waals surface area contributed by atoms with Crippen LogP contribution in [-0.4, -0.2) is 32.2 Å². The van der Waals surface area contributed by atoms with Gasteiger partial charge in [0.15, 0.2) is 0 Å². The largest absolute Gasteiger partial charge is 0.485 e. The lowest BCUT2D eigenvalue weighted by atomic mass is 10.1. The smallest absolute Gasteiger partial charge is 0.145 e. The Morgan fingerprint density at radius 1 is 1.47 bits per heavy atom. The number of hydrogen-bond acceptors (Lipinski definition) is 5. The monoisotopic (exact) mass is 236 g/mol. The average molecular weight is 236 g/mol. The van der Waals surface area contributed by atoms with Gasteiger partial charge in [-0.3, -0.25) is 4.99 Å². The van der Waals surface area contributed by atoms with Gasteiger partial charge in [-0.05, 0) is 12.1 Å². The number of nitrogen functional groups attached to an aromatic ring is 1. The fourth-order valence-electron chi connectivity index (χ4n) is 1.58. The van der Waals surface area contributed by atoms with Crippen molar-refractivity contribution in [1.29, 1.82) is 0 Å². The van der Waals surface area contributed by atoms with Gasteiger partial charge in [-0.2, -0.15) is 0 Å². The van der Waals surface area contributed by atoms with Crippen molar-refractivity contribution in [2.45, 2.75) is 6.10 Å². The van der Waals surface area contributed by atoms with E-state index in [1.165, 1.54) is 0 Å². The zero-order valence-corrected chi connectivity index (χ0v) is 9.64. The molecular weight excluding hydrogens is 220 g/mol. The van der Waals surface area contributed by atoms with Gasteiger partial charge < -0.3 is 20.6 Å². The lowest BCUT2D eigenvalue weighted by Crippen LogP contribution is -2.38. The minimum Gasteiger partial charge on any atom is -0.485 e. The van der Waals surface area contributed by atoms with Gasteiger partial charge in [0, 0.05) is 24.4 Å². The highest BCUT2D eigenvalue weighted by molar-refractivity contribution is 5.99. The summed E-state index contributed by atoms with van der Waals surface area (Å²) in [5, 5.41) is 0. The summed E-state index contributed by atoms with van der Waals surface area (Å²) < 4.78 is 10.7. The van der Waals surface area contributed by atoms with E-state index in [1.807, 2.05) is 6.07 Å². The molecule has 92 valence electrons. The highest BCUT2D eigenvalue weighted by Crippen LogP contribution is 2.21. The van der Waals surface area contributed by atoms with Gasteiger partial charge in [0.25, 0.3) is 0 Å². The van der Waals surface area contributed by atoms with Crippen LogP contribution in [0.25, 0.3) is 0 Å². The highest BCUT2D eigenvalue weighted by Gasteiger charge is 2.20. The van der Waals surface area contributed by atoms with E-state index in [9.17, 15) is 0 Å². The van der Waals surface area contributed by atoms with Gasteiger partial charge >= 0.3 is 0 Å². The Kier molecular flexibility index (Phi) is 3.46. The van der Waals surface area contributed by atoms with Crippen molar-refractivity contribution >= 4 is 11.5 Å². The van der Waals surface area contributed by atoms with E-state index in [1.54, 1.807) is 19.2 Å². The Hall–Kier alpha value is -1.79. The standard InChI is InChI=1S/C11H16N4O2/c1-14-11(15-13)7-2-8(12)4-9(3-7)17-10-5-16-6-10/h2-4,10H,5-6,12-13H2,1H3,(H,14,15). The molecule has 6 heteroatoms. The lowest BCUT2D eigenvalue weighted by Gasteiger charge is -2.27. The van der Waals surface area contributed by atoms with Crippen LogP contribution in [0.3, 0.4) is 0 Å². The normalized spacial score (nSPS) is 16.5. The zero-order chi connectivity index (χ0) is 12.3. The van der Waals surface area contributed by atoms with Gasteiger partial charge in [-0.15, -0.1) is 0 Å². The van der Waals surface area contributed by atoms with Crippen LogP contribution in [0.1, 0.15) is 5.56 Å². The first-order chi connectivity index (χ1) is 8.22. The number of benzene rings is 1. The number of aliphatic imine (C=N–C) groups is 1. The molecule has 1 saturated heterocycles. The molecule has 1 aliphatic heterocycles. The van der Waals surface area contributed by atoms with E-state index in [0.717, 1.165) is 5.56 Å². The van der Waals surface area contributed by atoms with Crippen molar-refractivity contribution in [2.24, 2.45) is 10.8 Å². The van der Waals surface area contributed by atoms with E-state index in [2.05, 4.69) is 10.4 Å². The first-order valence-corrected chi connectivity index (χ1v) is 5.31. The summed E-state index contributed by atoms with van der Waals surface area (Å²) in [7, 11) is 1.65. The van der Waals surface area contributed by atoms with Crippen molar-refractivity contribution in [3.63, 3.8) is 0 Å². The van der Waals surface area contributed by atoms with Gasteiger partial charge in [-0.1, -0.05) is 0 Å². The molecule has 0 atom stereocenters. The first-order valence-electron chi connectivity index (χ1n) is 5.31. The minimum absolute atomic E-state index is 0.109. The predicted molar refractivity (Wildman–Crippen MR) is 65.9 cm³/mol. The number of nitrogens with two attached hydrogens (primary N) is 2. The molecule has 1 aromatic rings. The summed E-state index contributed by atoms with van der Waals surface area (Å²) in [5.41, 5.74) is 9.73. The van der Waals surface area contributed by atoms with Crippen LogP contribution in [0.5, 0.6) is 5.75 Å². The van der Waals surface area contributed by atoms with E-state index >= 15 is 0 Å². The van der Waals surface area contributed by atoms with Crippen LogP contribution in [0.15, 0.2) is 23.2 Å². The van der Waals surface area contributed by atoms with Gasteiger partial charge in [0.1, 0.15) is 17.7 Å². The summed E-state index contributed by atoms with van der Waals surface area (Å²) in [6.07, 6.45) is 0.109. The molecule has 0 radical (unpaired) electrons. The second kappa shape index (κ2) is 5.03. The van der Waals surface area contributed by atoms with E-state index in [-0.39, 0.29) is 6.10 Å². The maximum absolute atomic E-state index is 5.81. The topological polar surface area (TPSA) is 94.9 Å². The van der Waals surface area contributed by atoms with Crippen LogP contribution in [0.2, 0.25) is 0 Å². The molecule has 1 aromatic carbocycles. The molecule has 5 N–H and O–H groups in total. The molecule has 17 heavy (non-hydrogen) atoms. The lowest BCUT2D eigenvalue weighted by molar-refractivity contribution is -0.0796. The Bertz CT molecular complexity index is 429. The molecule has 0 aliphatic carbocycles. The number of ether oxygens (including phenoxy) is 2. The van der Waals surface area contributed by atoms with Crippen molar-refractivity contribution < 1.29 is 9.47 Å². The van der Waals surface area contributed by atoms with Crippen LogP contribution >= 0.6 is 0 Å². The molecule has 0 aromatic heterocycles. The summed E-state index contributed by atoms with van der Waals surface area (Å²) in [4.78, 5) is 4.02. The molecule has 6 nitrogen and oxygen atoms in total. The Morgan fingerprint density at radius 2 is 2.24 bits per heavy atom. The summed E-state index contributed by atoms with van der Waals surface area (Å²) in [6, 6.07) is 5.40. The van der Waals surface area contributed by atoms with Crippen molar-refractivity contribution in [3.05, 3.63) is 23.8 Å². The average Bonchev–Trinajstić information content (AvgIpc) is 2.25. The summed E-state index contributed by atoms with van der Waals surface area (Å²) in [5.74, 6) is 6.63. The van der Waals surface area contributed by atoms with E-state index in [0.29, 0.717) is 30.5 Å². The molecule has 2 rings (SSSR count). The number of hydrazine groups is 1. The fraction of sp³-hybridized carbons (Fsp3) is 0.364. The predicted octanol–water partition coefficient (Wildman–Crippen LogP) is -0.114. The quantitative estimate of drug-likeness (QED) is 0.224. The van der Waals surface area contributed by atoms with Crippen LogP contribution in [0.4, 0.5) is 5.69 Å². The zero-order valence-electron chi connectivity index (χ0n) is 9.64. The molecule has 0 unspecified atom stereocenters. The van der Waals surface area contributed by atoms with Gasteiger partial charge in [0.2, 0.25) is 0 Å². The van der Waals surface area contributed by atoms with Crippen molar-refractivity contribution in [3.8, 4) is 5.75 Å². The third-order valence-electron chi connectivity index (χ3n) is 2.47. The Morgan fingerprint density at radius 3 is 2.76 bits per heavy atom. The molecule has 1 aliphatic rings. The number of amidine groups is 1. The van der Waals surface area contributed by atoms with Gasteiger partial charge in [-0.25, -0.2) is 5.84 Å². The number of anilines is 1. The Labute approximate surface area is 99.6 Å². The number of nitrogens with zero attached hydrogens (tertiary/aromatic N) is 1. The van der Waals surface area contributed by atoms with E-state index < -0.39 is 0 Å². The SMILES string of the molecule is CN=C(NN)c1cc(N)cc(OC2COC2)c1. The number of hydrogen-bond donors (Lipinski definition) is 3. The van der Waals surface area contributed by atoms with Crippen LogP contribution in [0, 0.1) is 0 Å². The highest BCUT2D eigenvalue weighted by atomic mass is 16.6. The third-order valence-corrected chi connectivity index (χ3v) is 2.47. The molecule has 0 bridgehead atoms. The molecular formula is C11H16N4O2. The van der Waals surface area contributed by atoms with Crippen molar-refractivity contribution in [2.75, 3.05) is 26.0 Å². The second-order valence-electron chi connectivity index (χ2n) is 3.78. The maximum Gasteiger partial charge on any atom is 0.145 e. The van der Waals surface area contributed by atoms with Crippen LogP contribution in [-0.2, 0) is 4.74 Å². The van der Waals surface area contributed by atoms with E-state index in [4.69, 9.17) is 21.1 Å². The Balaban J connectivity index is 2.21. The first kappa shape index (κ1) is 11.7. The van der Waals surface area contributed by atoms with Gasteiger partial charge in [0.05, 0.1) is 13.2 Å². The maximum atomic E-state index is 5.81. The molecule has 0 amide bonds. The fourth-order valence-corrected chi connectivity index (χ4v) is 1.58. The van der Waals surface area contributed by atoms with Crippen molar-refractivity contribution in [1.82, 2.24) is 5.43 Å². The third kappa shape index (κ3) is 2.66. The second-order valence-corrected chi connectivity index (χ2v) is 3.78. The molecule has 1 fully saturated rings. The minimum atomic E-state index is 0.109. The number of rotatable bonds is 3. The van der Waals surface area contributed by atoms with Crippen LogP contribution < -0.4 is 21.7 Å².